The summed E-state index contributed by atoms with van der Waals surface area (Å²) in [5.74, 6) is 0. The van der Waals surface area contributed by atoms with Crippen LogP contribution < -0.4 is 10.6 Å². The average molecular weight is 390 g/mol. The molecule has 2 aromatic carbocycles. The summed E-state index contributed by atoms with van der Waals surface area (Å²) >= 11 is 1.71. The Kier molecular flexibility index (Phi) is 5.17. The Labute approximate surface area is 168 Å². The van der Waals surface area contributed by atoms with Crippen molar-refractivity contribution in [1.29, 1.82) is 0 Å². The van der Waals surface area contributed by atoms with Gasteiger partial charge in [0.1, 0.15) is 0 Å². The molecule has 0 spiro atoms. The number of amides is 2. The average Bonchev–Trinajstić information content (AvgIpc) is 3.33. The molecule has 2 heterocycles. The number of hydrogen-bond acceptors (Lipinski definition) is 2. The molecule has 4 nitrogen and oxygen atoms in total. The van der Waals surface area contributed by atoms with Crippen molar-refractivity contribution < 1.29 is 4.79 Å². The molecule has 2 aromatic heterocycles. The topological polar surface area (TPSA) is 46.1 Å². The molecule has 0 aliphatic carbocycles. The molecule has 28 heavy (non-hydrogen) atoms. The molecule has 0 radical (unpaired) electrons. The number of carbonyl (C=O) groups excluding carboxylic acids is 1. The highest BCUT2D eigenvalue weighted by Crippen LogP contribution is 2.35. The van der Waals surface area contributed by atoms with E-state index in [1.165, 1.54) is 15.8 Å². The lowest BCUT2D eigenvalue weighted by Gasteiger charge is -2.12. The summed E-state index contributed by atoms with van der Waals surface area (Å²) in [7, 11) is 2.08. The zero-order valence-electron chi connectivity index (χ0n) is 16.0. The third-order valence-electron chi connectivity index (χ3n) is 5.04. The van der Waals surface area contributed by atoms with Crippen LogP contribution >= 0.6 is 11.3 Å². The minimum absolute atomic E-state index is 0.189. The van der Waals surface area contributed by atoms with Crippen molar-refractivity contribution in [3.05, 3.63) is 77.2 Å². The lowest BCUT2D eigenvalue weighted by molar-refractivity contribution is 0.252. The molecule has 0 unspecified atom stereocenters. The molecule has 4 aromatic rings. The molecule has 2 N–H and O–H groups in total. The Morgan fingerprint density at radius 1 is 1.04 bits per heavy atom. The number of nitrogens with one attached hydrogen (secondary N) is 2. The highest BCUT2D eigenvalue weighted by atomic mass is 32.1. The number of carbonyl (C=O) groups is 1. The first-order chi connectivity index (χ1) is 13.7. The minimum Gasteiger partial charge on any atom is -0.343 e. The second kappa shape index (κ2) is 7.90. The van der Waals surface area contributed by atoms with Gasteiger partial charge in [-0.05, 0) is 35.6 Å². The van der Waals surface area contributed by atoms with Crippen molar-refractivity contribution in [3.63, 3.8) is 0 Å². The van der Waals surface area contributed by atoms with Gasteiger partial charge in [0.25, 0.3) is 0 Å². The second-order valence-electron chi connectivity index (χ2n) is 6.70. The number of benzene rings is 2. The van der Waals surface area contributed by atoms with E-state index in [-0.39, 0.29) is 6.03 Å². The van der Waals surface area contributed by atoms with Crippen LogP contribution in [0.5, 0.6) is 0 Å². The fourth-order valence-electron chi connectivity index (χ4n) is 3.66. The van der Waals surface area contributed by atoms with Gasteiger partial charge >= 0.3 is 6.03 Å². The molecule has 0 aliphatic heterocycles. The van der Waals surface area contributed by atoms with Gasteiger partial charge in [0.2, 0.25) is 0 Å². The third-order valence-corrected chi connectivity index (χ3v) is 5.92. The monoisotopic (exact) mass is 389 g/mol. The largest absolute Gasteiger partial charge is 0.343 e. The summed E-state index contributed by atoms with van der Waals surface area (Å²) in [5.41, 5.74) is 5.45. The number of aromatic nitrogens is 1. The molecule has 0 saturated heterocycles. The predicted molar refractivity (Wildman–Crippen MR) is 118 cm³/mol. The minimum atomic E-state index is -0.189. The fraction of sp³-hybridized carbons (Fsp3) is 0.174. The van der Waals surface area contributed by atoms with Crippen molar-refractivity contribution in [2.75, 3.05) is 5.32 Å². The number of aryl methyl sites for hydroxylation is 2. The van der Waals surface area contributed by atoms with Crippen LogP contribution in [-0.4, -0.2) is 10.6 Å². The van der Waals surface area contributed by atoms with Gasteiger partial charge in [-0.1, -0.05) is 49.4 Å². The molecular weight excluding hydrogens is 366 g/mol. The quantitative estimate of drug-likeness (QED) is 0.446. The number of nitrogens with zero attached hydrogens (tertiary/aromatic N) is 1. The Bertz CT molecular complexity index is 1110. The molecule has 142 valence electrons. The molecule has 0 fully saturated rings. The van der Waals surface area contributed by atoms with E-state index >= 15 is 0 Å². The first-order valence-corrected chi connectivity index (χ1v) is 10.3. The van der Waals surface area contributed by atoms with E-state index in [1.54, 1.807) is 11.3 Å². The van der Waals surface area contributed by atoms with Gasteiger partial charge in [-0.3, -0.25) is 0 Å². The predicted octanol–water partition coefficient (Wildman–Crippen LogP) is 5.79. The lowest BCUT2D eigenvalue weighted by atomic mass is 10.1. The van der Waals surface area contributed by atoms with E-state index in [0.717, 1.165) is 28.9 Å². The van der Waals surface area contributed by atoms with Crippen molar-refractivity contribution in [1.82, 2.24) is 9.88 Å². The molecular formula is C23H23N3OS. The maximum Gasteiger partial charge on any atom is 0.319 e. The maximum absolute atomic E-state index is 12.6. The zero-order valence-corrected chi connectivity index (χ0v) is 16.8. The van der Waals surface area contributed by atoms with E-state index < -0.39 is 0 Å². The van der Waals surface area contributed by atoms with E-state index in [0.29, 0.717) is 6.54 Å². The summed E-state index contributed by atoms with van der Waals surface area (Å²) in [6, 6.07) is 20.2. The highest BCUT2D eigenvalue weighted by molar-refractivity contribution is 7.13. The Balaban J connectivity index is 1.61. The molecule has 4 rings (SSSR count). The number of urea groups is 1. The lowest BCUT2D eigenvalue weighted by Crippen LogP contribution is -2.28. The van der Waals surface area contributed by atoms with Gasteiger partial charge in [0.15, 0.2) is 0 Å². The summed E-state index contributed by atoms with van der Waals surface area (Å²) in [6.45, 7) is 2.55. The van der Waals surface area contributed by atoms with Crippen molar-refractivity contribution in [2.45, 2.75) is 19.9 Å². The van der Waals surface area contributed by atoms with Gasteiger partial charge in [-0.15, -0.1) is 11.3 Å². The Hall–Kier alpha value is -3.05. The van der Waals surface area contributed by atoms with E-state index in [1.807, 2.05) is 36.4 Å². The SMILES string of the molecule is CCc1ccccc1NC(=O)NCc1c(-c2cccs2)n(C)c2ccccc12. The Morgan fingerprint density at radius 3 is 2.61 bits per heavy atom. The van der Waals surface area contributed by atoms with Crippen LogP contribution in [0.15, 0.2) is 66.0 Å². The second-order valence-corrected chi connectivity index (χ2v) is 7.65. The van der Waals surface area contributed by atoms with Crippen molar-refractivity contribution in [3.8, 4) is 10.6 Å². The molecule has 2 amide bonds. The standard InChI is InChI=1S/C23H23N3OS/c1-3-16-9-4-6-11-19(16)25-23(27)24-15-18-17-10-5-7-12-20(17)26(2)22(18)21-13-8-14-28-21/h4-14H,3,15H2,1-2H3,(H2,24,25,27). The smallest absolute Gasteiger partial charge is 0.319 e. The normalized spacial score (nSPS) is 10.9. The van der Waals surface area contributed by atoms with E-state index in [4.69, 9.17) is 0 Å². The van der Waals surface area contributed by atoms with E-state index in [2.05, 4.69) is 58.8 Å². The summed E-state index contributed by atoms with van der Waals surface area (Å²) in [4.78, 5) is 13.8. The number of rotatable bonds is 5. The number of fused-ring (bicyclic) bond motifs is 1. The molecule has 0 atom stereocenters. The van der Waals surface area contributed by atoms with Crippen LogP contribution in [0.2, 0.25) is 0 Å². The van der Waals surface area contributed by atoms with Crippen molar-refractivity contribution >= 4 is 34.0 Å². The molecule has 0 saturated carbocycles. The van der Waals surface area contributed by atoms with Gasteiger partial charge in [-0.2, -0.15) is 0 Å². The number of para-hydroxylation sites is 2. The van der Waals surface area contributed by atoms with Crippen LogP contribution in [-0.2, 0) is 20.0 Å². The first-order valence-electron chi connectivity index (χ1n) is 9.42. The molecule has 0 bridgehead atoms. The maximum atomic E-state index is 12.6. The number of thiophene rings is 1. The van der Waals surface area contributed by atoms with Crippen LogP contribution in [0.1, 0.15) is 18.1 Å². The molecule has 0 aliphatic rings. The summed E-state index contributed by atoms with van der Waals surface area (Å²) in [5, 5.41) is 9.29. The summed E-state index contributed by atoms with van der Waals surface area (Å²) < 4.78 is 2.21. The molecule has 5 heteroatoms. The number of hydrogen-bond donors (Lipinski definition) is 2. The Morgan fingerprint density at radius 2 is 1.82 bits per heavy atom. The number of anilines is 1. The van der Waals surface area contributed by atoms with Crippen LogP contribution in [0.4, 0.5) is 10.5 Å². The van der Waals surface area contributed by atoms with Crippen LogP contribution in [0.25, 0.3) is 21.5 Å². The van der Waals surface area contributed by atoms with Gasteiger partial charge in [0, 0.05) is 35.7 Å². The van der Waals surface area contributed by atoms with E-state index in [9.17, 15) is 4.79 Å². The highest BCUT2D eigenvalue weighted by Gasteiger charge is 2.17. The van der Waals surface area contributed by atoms with Crippen LogP contribution in [0.3, 0.4) is 0 Å². The van der Waals surface area contributed by atoms with Crippen molar-refractivity contribution in [2.24, 2.45) is 7.05 Å². The zero-order chi connectivity index (χ0) is 19.5. The van der Waals surface area contributed by atoms with Gasteiger partial charge < -0.3 is 15.2 Å². The van der Waals surface area contributed by atoms with Crippen LogP contribution in [0, 0.1) is 0 Å². The fourth-order valence-corrected chi connectivity index (χ4v) is 4.50. The third kappa shape index (κ3) is 3.41. The summed E-state index contributed by atoms with van der Waals surface area (Å²) in [6.07, 6.45) is 0.877. The van der Waals surface area contributed by atoms with Gasteiger partial charge in [0.05, 0.1) is 10.6 Å². The van der Waals surface area contributed by atoms with Gasteiger partial charge in [-0.25, -0.2) is 4.79 Å². The first kappa shape index (κ1) is 18.3.